The Kier molecular flexibility index (Phi) is 9.84. The number of aliphatic imine (C=N–C) groups is 1. The number of alkyl carbamates (subject to hydrolysis) is 1. The van der Waals surface area contributed by atoms with Crippen LogP contribution < -0.4 is 15.4 Å². The number of ether oxygens (including phenoxy) is 2. The van der Waals surface area contributed by atoms with Gasteiger partial charge in [-0.1, -0.05) is 18.2 Å². The van der Waals surface area contributed by atoms with Crippen LogP contribution in [0.5, 0.6) is 5.75 Å². The molecule has 1 fully saturated rings. The molecule has 1 saturated heterocycles. The number of para-hydroxylation sites is 1. The van der Waals surface area contributed by atoms with E-state index in [4.69, 9.17) is 9.47 Å². The van der Waals surface area contributed by atoms with Gasteiger partial charge in [0, 0.05) is 26.7 Å². The highest BCUT2D eigenvalue weighted by molar-refractivity contribution is 14.0. The van der Waals surface area contributed by atoms with Crippen molar-refractivity contribution in [3.63, 3.8) is 0 Å². The van der Waals surface area contributed by atoms with Crippen LogP contribution in [0.1, 0.15) is 32.8 Å². The molecule has 0 aliphatic carbocycles. The molecule has 1 atom stereocenters. The van der Waals surface area contributed by atoms with E-state index in [0.29, 0.717) is 6.54 Å². The largest absolute Gasteiger partial charge is 0.496 e. The fourth-order valence-corrected chi connectivity index (χ4v) is 3.10. The average molecular weight is 504 g/mol. The van der Waals surface area contributed by atoms with E-state index in [-0.39, 0.29) is 36.1 Å². The summed E-state index contributed by atoms with van der Waals surface area (Å²) >= 11 is 0. The molecule has 8 heteroatoms. The predicted octanol–water partition coefficient (Wildman–Crippen LogP) is 3.03. The number of benzene rings is 1. The van der Waals surface area contributed by atoms with Crippen molar-refractivity contribution in [2.75, 3.05) is 33.8 Å². The topological polar surface area (TPSA) is 75.2 Å². The van der Waals surface area contributed by atoms with Crippen LogP contribution in [-0.2, 0) is 11.2 Å². The number of amides is 1. The third kappa shape index (κ3) is 7.73. The zero-order valence-corrected chi connectivity index (χ0v) is 19.8. The van der Waals surface area contributed by atoms with Crippen molar-refractivity contribution < 1.29 is 14.3 Å². The summed E-state index contributed by atoms with van der Waals surface area (Å²) in [4.78, 5) is 18.5. The van der Waals surface area contributed by atoms with E-state index < -0.39 is 5.60 Å². The van der Waals surface area contributed by atoms with Gasteiger partial charge < -0.3 is 25.0 Å². The number of carbonyl (C=O) groups is 1. The number of nitrogens with one attached hydrogen (secondary N) is 2. The molecule has 1 aliphatic rings. The molecule has 1 aromatic carbocycles. The molecule has 0 saturated carbocycles. The number of methoxy groups -OCH3 is 1. The third-order valence-electron chi connectivity index (χ3n) is 4.29. The lowest BCUT2D eigenvalue weighted by Crippen LogP contribution is -2.44. The second kappa shape index (κ2) is 11.3. The highest BCUT2D eigenvalue weighted by Gasteiger charge is 2.27. The molecule has 1 amide bonds. The first-order chi connectivity index (χ1) is 12.8. The Balaban J connectivity index is 0.00000392. The SMILES string of the molecule is CN=C(NCCc1ccccc1OC)N1CCC(NC(=O)OC(C)(C)C)C1.I. The van der Waals surface area contributed by atoms with Crippen molar-refractivity contribution in [1.82, 2.24) is 15.5 Å². The van der Waals surface area contributed by atoms with E-state index in [1.807, 2.05) is 39.0 Å². The van der Waals surface area contributed by atoms with Crippen LogP contribution in [-0.4, -0.2) is 62.4 Å². The van der Waals surface area contributed by atoms with Gasteiger partial charge in [-0.15, -0.1) is 24.0 Å². The van der Waals surface area contributed by atoms with Gasteiger partial charge in [0.1, 0.15) is 11.4 Å². The van der Waals surface area contributed by atoms with Crippen molar-refractivity contribution in [3.05, 3.63) is 29.8 Å². The predicted molar refractivity (Wildman–Crippen MR) is 123 cm³/mol. The minimum atomic E-state index is -0.488. The Bertz CT molecular complexity index is 661. The molecule has 1 aliphatic heterocycles. The summed E-state index contributed by atoms with van der Waals surface area (Å²) in [6.45, 7) is 7.90. The van der Waals surface area contributed by atoms with E-state index >= 15 is 0 Å². The van der Waals surface area contributed by atoms with Gasteiger partial charge in [0.05, 0.1) is 13.2 Å². The number of hydrogen-bond donors (Lipinski definition) is 2. The van der Waals surface area contributed by atoms with E-state index in [1.165, 1.54) is 0 Å². The van der Waals surface area contributed by atoms with E-state index in [9.17, 15) is 4.79 Å². The first kappa shape index (κ1) is 24.3. The monoisotopic (exact) mass is 504 g/mol. The molecule has 0 bridgehead atoms. The zero-order chi connectivity index (χ0) is 19.9. The van der Waals surface area contributed by atoms with Crippen molar-refractivity contribution >= 4 is 36.0 Å². The molecule has 0 aromatic heterocycles. The smallest absolute Gasteiger partial charge is 0.407 e. The summed E-state index contributed by atoms with van der Waals surface area (Å²) in [5.41, 5.74) is 0.673. The fourth-order valence-electron chi connectivity index (χ4n) is 3.10. The molecular formula is C20H33IN4O3. The van der Waals surface area contributed by atoms with Crippen LogP contribution in [0.25, 0.3) is 0 Å². The van der Waals surface area contributed by atoms with E-state index in [0.717, 1.165) is 43.2 Å². The number of nitrogens with zero attached hydrogens (tertiary/aromatic N) is 2. The Morgan fingerprint density at radius 1 is 1.32 bits per heavy atom. The lowest BCUT2D eigenvalue weighted by atomic mass is 10.1. The van der Waals surface area contributed by atoms with Crippen LogP contribution in [0, 0.1) is 0 Å². The zero-order valence-electron chi connectivity index (χ0n) is 17.4. The molecule has 1 heterocycles. The molecule has 0 radical (unpaired) electrons. The highest BCUT2D eigenvalue weighted by Crippen LogP contribution is 2.17. The van der Waals surface area contributed by atoms with Gasteiger partial charge in [-0.25, -0.2) is 4.79 Å². The van der Waals surface area contributed by atoms with Crippen molar-refractivity contribution in [1.29, 1.82) is 0 Å². The molecule has 158 valence electrons. The molecule has 0 spiro atoms. The van der Waals surface area contributed by atoms with Crippen molar-refractivity contribution in [2.45, 2.75) is 45.3 Å². The lowest BCUT2D eigenvalue weighted by Gasteiger charge is -2.23. The quantitative estimate of drug-likeness (QED) is 0.367. The standard InChI is InChI=1S/C20H32N4O3.HI/c1-20(2,3)27-19(25)23-16-11-13-24(14-16)18(21-4)22-12-10-15-8-6-7-9-17(15)26-5;/h6-9,16H,10-14H2,1-5H3,(H,21,22)(H,23,25);1H. The molecule has 7 nitrogen and oxygen atoms in total. The number of rotatable bonds is 5. The lowest BCUT2D eigenvalue weighted by molar-refractivity contribution is 0.0507. The van der Waals surface area contributed by atoms with Gasteiger partial charge in [0.25, 0.3) is 0 Å². The number of likely N-dealkylation sites (tertiary alicyclic amines) is 1. The van der Waals surface area contributed by atoms with Gasteiger partial charge in [0.15, 0.2) is 5.96 Å². The van der Waals surface area contributed by atoms with Gasteiger partial charge in [0.2, 0.25) is 0 Å². The Morgan fingerprint density at radius 3 is 2.68 bits per heavy atom. The van der Waals surface area contributed by atoms with Gasteiger partial charge in [-0.05, 0) is 45.2 Å². The summed E-state index contributed by atoms with van der Waals surface area (Å²) < 4.78 is 10.7. The minimum Gasteiger partial charge on any atom is -0.496 e. The number of carbonyl (C=O) groups excluding carboxylic acids is 1. The first-order valence-electron chi connectivity index (χ1n) is 9.39. The van der Waals surface area contributed by atoms with Gasteiger partial charge in [-0.3, -0.25) is 4.99 Å². The average Bonchev–Trinajstić information content (AvgIpc) is 3.05. The molecule has 1 unspecified atom stereocenters. The minimum absolute atomic E-state index is 0. The van der Waals surface area contributed by atoms with E-state index in [2.05, 4.69) is 26.6 Å². The second-order valence-electron chi connectivity index (χ2n) is 7.61. The Labute approximate surface area is 185 Å². The summed E-state index contributed by atoms with van der Waals surface area (Å²) in [6.07, 6.45) is 1.34. The molecule has 28 heavy (non-hydrogen) atoms. The van der Waals surface area contributed by atoms with Crippen LogP contribution in [0.4, 0.5) is 4.79 Å². The third-order valence-corrected chi connectivity index (χ3v) is 4.29. The summed E-state index contributed by atoms with van der Waals surface area (Å²) in [5, 5.41) is 6.34. The number of guanidine groups is 1. The van der Waals surface area contributed by atoms with Crippen LogP contribution in [0.2, 0.25) is 0 Å². The maximum Gasteiger partial charge on any atom is 0.407 e. The fraction of sp³-hybridized carbons (Fsp3) is 0.600. The maximum atomic E-state index is 11.9. The van der Waals surface area contributed by atoms with Crippen LogP contribution in [0.3, 0.4) is 0 Å². The van der Waals surface area contributed by atoms with Crippen LogP contribution in [0.15, 0.2) is 29.3 Å². The van der Waals surface area contributed by atoms with Crippen LogP contribution >= 0.6 is 24.0 Å². The number of halogens is 1. The highest BCUT2D eigenvalue weighted by atomic mass is 127. The second-order valence-corrected chi connectivity index (χ2v) is 7.61. The molecular weight excluding hydrogens is 471 g/mol. The van der Waals surface area contributed by atoms with Crippen molar-refractivity contribution in [3.8, 4) is 5.75 Å². The summed E-state index contributed by atoms with van der Waals surface area (Å²) in [7, 11) is 3.47. The summed E-state index contributed by atoms with van der Waals surface area (Å²) in [6, 6.07) is 8.08. The first-order valence-corrected chi connectivity index (χ1v) is 9.39. The maximum absolute atomic E-state index is 11.9. The van der Waals surface area contributed by atoms with E-state index in [1.54, 1.807) is 14.2 Å². The van der Waals surface area contributed by atoms with Gasteiger partial charge in [-0.2, -0.15) is 0 Å². The normalized spacial score (nSPS) is 17.0. The molecule has 2 rings (SSSR count). The van der Waals surface area contributed by atoms with Crippen molar-refractivity contribution in [2.24, 2.45) is 4.99 Å². The molecule has 2 N–H and O–H groups in total. The van der Waals surface area contributed by atoms with Gasteiger partial charge >= 0.3 is 6.09 Å². The Hall–Kier alpha value is -1.71. The molecule has 1 aromatic rings. The Morgan fingerprint density at radius 2 is 2.04 bits per heavy atom. The number of hydrogen-bond acceptors (Lipinski definition) is 4. The summed E-state index contributed by atoms with van der Waals surface area (Å²) in [5.74, 6) is 1.75.